The van der Waals surface area contributed by atoms with Crippen LogP contribution in [0, 0.1) is 3.57 Å². The molecule has 0 amide bonds. The summed E-state index contributed by atoms with van der Waals surface area (Å²) in [5.74, 6) is 0.702. The molecule has 1 aliphatic rings. The Bertz CT molecular complexity index is 586. The summed E-state index contributed by atoms with van der Waals surface area (Å²) in [5, 5.41) is -0.356. The lowest BCUT2D eigenvalue weighted by molar-refractivity contribution is 0.587. The third-order valence-corrected chi connectivity index (χ3v) is 6.75. The van der Waals surface area contributed by atoms with Gasteiger partial charge in [0.15, 0.2) is 9.84 Å². The Morgan fingerprint density at radius 2 is 1.89 bits per heavy atom. The first kappa shape index (κ1) is 15.4. The van der Waals surface area contributed by atoms with Gasteiger partial charge in [-0.2, -0.15) is 0 Å². The van der Waals surface area contributed by atoms with Gasteiger partial charge in [0.1, 0.15) is 16.2 Å². The molecular formula is C12H16ClIN2O2S. The summed E-state index contributed by atoms with van der Waals surface area (Å²) >= 11 is 8.29. The fourth-order valence-electron chi connectivity index (χ4n) is 2.30. The Labute approximate surface area is 132 Å². The molecule has 7 heteroatoms. The first-order valence-electron chi connectivity index (χ1n) is 6.22. The molecule has 0 bridgehead atoms. The molecule has 1 atom stereocenters. The third-order valence-electron chi connectivity index (χ3n) is 3.60. The van der Waals surface area contributed by atoms with E-state index in [2.05, 4.69) is 32.6 Å². The molecule has 1 heterocycles. The Morgan fingerprint density at radius 1 is 1.32 bits per heavy atom. The zero-order valence-corrected chi connectivity index (χ0v) is 14.6. The van der Waals surface area contributed by atoms with E-state index >= 15 is 0 Å². The van der Waals surface area contributed by atoms with Gasteiger partial charge in [0.25, 0.3) is 0 Å². The predicted octanol–water partition coefficient (Wildman–Crippen LogP) is 3.50. The fourth-order valence-corrected chi connectivity index (χ4v) is 3.65. The van der Waals surface area contributed by atoms with E-state index in [0.29, 0.717) is 16.9 Å². The van der Waals surface area contributed by atoms with E-state index in [0.717, 1.165) is 22.1 Å². The summed E-state index contributed by atoms with van der Waals surface area (Å²) in [7, 11) is -3.21. The smallest absolute Gasteiger partial charge is 0.157 e. The van der Waals surface area contributed by atoms with Crippen LogP contribution in [0.3, 0.4) is 0 Å². The number of halogens is 2. The lowest BCUT2D eigenvalue weighted by atomic mass is 10.0. The van der Waals surface area contributed by atoms with Crippen molar-refractivity contribution >= 4 is 44.0 Å². The van der Waals surface area contributed by atoms with Crippen LogP contribution in [0.5, 0.6) is 0 Å². The molecule has 0 spiro atoms. The number of nitrogens with zero attached hydrogens (tertiary/aromatic N) is 2. The highest BCUT2D eigenvalue weighted by molar-refractivity contribution is 14.1. The van der Waals surface area contributed by atoms with Crippen LogP contribution in [0.1, 0.15) is 55.3 Å². The Morgan fingerprint density at radius 3 is 2.42 bits per heavy atom. The average Bonchev–Trinajstić information content (AvgIpc) is 2.83. The molecule has 0 aromatic carbocycles. The minimum Gasteiger partial charge on any atom is -0.235 e. The quantitative estimate of drug-likeness (QED) is 0.561. The Balaban J connectivity index is 2.47. The standard InChI is InChI=1S/C12H16ClIN2O2S/c1-7(19(2,17)18)12-15-10(8-5-3-4-6-8)9(14)11(13)16-12/h7-8H,3-6H2,1-2H3. The molecule has 0 saturated heterocycles. The van der Waals surface area contributed by atoms with Crippen molar-refractivity contribution in [2.45, 2.75) is 43.8 Å². The largest absolute Gasteiger partial charge is 0.235 e. The lowest BCUT2D eigenvalue weighted by Crippen LogP contribution is -2.14. The van der Waals surface area contributed by atoms with Crippen molar-refractivity contribution in [1.82, 2.24) is 9.97 Å². The van der Waals surface area contributed by atoms with Crippen molar-refractivity contribution in [1.29, 1.82) is 0 Å². The molecule has 106 valence electrons. The van der Waals surface area contributed by atoms with Crippen LogP contribution >= 0.6 is 34.2 Å². The monoisotopic (exact) mass is 414 g/mol. The molecule has 0 N–H and O–H groups in total. The molecule has 1 unspecified atom stereocenters. The van der Waals surface area contributed by atoms with Gasteiger partial charge in [-0.15, -0.1) is 0 Å². The highest BCUT2D eigenvalue weighted by Crippen LogP contribution is 2.37. The van der Waals surface area contributed by atoms with Crippen molar-refractivity contribution in [2.75, 3.05) is 6.26 Å². The molecule has 1 aromatic heterocycles. The molecule has 0 radical (unpaired) electrons. The molecular weight excluding hydrogens is 399 g/mol. The second-order valence-corrected chi connectivity index (χ2v) is 8.83. The van der Waals surface area contributed by atoms with Gasteiger partial charge in [-0.25, -0.2) is 18.4 Å². The van der Waals surface area contributed by atoms with Crippen LogP contribution in [0.2, 0.25) is 5.15 Å². The first-order chi connectivity index (χ1) is 8.80. The van der Waals surface area contributed by atoms with E-state index in [1.807, 2.05) is 0 Å². The molecule has 2 rings (SSSR count). The van der Waals surface area contributed by atoms with Crippen molar-refractivity contribution in [3.63, 3.8) is 0 Å². The van der Waals surface area contributed by atoms with E-state index in [9.17, 15) is 8.42 Å². The summed E-state index contributed by atoms with van der Waals surface area (Å²) in [6, 6.07) is 0. The number of rotatable bonds is 3. The normalized spacial score (nSPS) is 18.7. The molecule has 1 aromatic rings. The Hall–Kier alpha value is 0.0500. The highest BCUT2D eigenvalue weighted by atomic mass is 127. The number of hydrogen-bond donors (Lipinski definition) is 0. The molecule has 1 aliphatic carbocycles. The van der Waals surface area contributed by atoms with Crippen molar-refractivity contribution in [3.05, 3.63) is 20.2 Å². The second kappa shape index (κ2) is 5.81. The molecule has 4 nitrogen and oxygen atoms in total. The first-order valence-corrected chi connectivity index (χ1v) is 9.63. The van der Waals surface area contributed by atoms with Crippen molar-refractivity contribution in [3.8, 4) is 0 Å². The van der Waals surface area contributed by atoms with Gasteiger partial charge >= 0.3 is 0 Å². The average molecular weight is 415 g/mol. The zero-order chi connectivity index (χ0) is 14.2. The van der Waals surface area contributed by atoms with E-state index in [1.54, 1.807) is 6.92 Å². The SMILES string of the molecule is CC(c1nc(Cl)c(I)c(C2CCCC2)n1)S(C)(=O)=O. The van der Waals surface area contributed by atoms with Gasteiger partial charge in [-0.3, -0.25) is 0 Å². The van der Waals surface area contributed by atoms with Crippen LogP contribution in [-0.2, 0) is 9.84 Å². The second-order valence-electron chi connectivity index (χ2n) is 5.02. The topological polar surface area (TPSA) is 59.9 Å². The van der Waals surface area contributed by atoms with Crippen LogP contribution in [0.4, 0.5) is 0 Å². The van der Waals surface area contributed by atoms with Crippen LogP contribution in [0.25, 0.3) is 0 Å². The summed E-state index contributed by atoms with van der Waals surface area (Å²) in [4.78, 5) is 8.64. The molecule has 0 aliphatic heterocycles. The van der Waals surface area contributed by atoms with E-state index in [1.165, 1.54) is 19.1 Å². The Kier molecular flexibility index (Phi) is 4.72. The van der Waals surface area contributed by atoms with Gasteiger partial charge in [0.05, 0.1) is 9.26 Å². The summed E-state index contributed by atoms with van der Waals surface area (Å²) in [5.41, 5.74) is 0.920. The zero-order valence-electron chi connectivity index (χ0n) is 10.9. The maximum absolute atomic E-state index is 11.6. The lowest BCUT2D eigenvalue weighted by Gasteiger charge is -2.15. The minimum absolute atomic E-state index is 0.315. The molecule has 1 fully saturated rings. The molecule has 19 heavy (non-hydrogen) atoms. The van der Waals surface area contributed by atoms with Crippen molar-refractivity contribution in [2.24, 2.45) is 0 Å². The number of hydrogen-bond acceptors (Lipinski definition) is 4. The highest BCUT2D eigenvalue weighted by Gasteiger charge is 2.27. The maximum atomic E-state index is 11.6. The summed E-state index contributed by atoms with van der Waals surface area (Å²) in [6.45, 7) is 1.60. The van der Waals surface area contributed by atoms with Gasteiger partial charge in [0, 0.05) is 12.2 Å². The number of sulfone groups is 1. The molecule has 1 saturated carbocycles. The minimum atomic E-state index is -3.21. The summed E-state index contributed by atoms with van der Waals surface area (Å²) in [6.07, 6.45) is 5.77. The van der Waals surface area contributed by atoms with Crippen LogP contribution in [-0.4, -0.2) is 24.6 Å². The van der Waals surface area contributed by atoms with Crippen LogP contribution < -0.4 is 0 Å². The van der Waals surface area contributed by atoms with Gasteiger partial charge in [-0.1, -0.05) is 24.4 Å². The summed E-state index contributed by atoms with van der Waals surface area (Å²) < 4.78 is 24.1. The number of aromatic nitrogens is 2. The van der Waals surface area contributed by atoms with E-state index < -0.39 is 15.1 Å². The van der Waals surface area contributed by atoms with Gasteiger partial charge in [-0.05, 0) is 42.4 Å². The van der Waals surface area contributed by atoms with E-state index in [-0.39, 0.29) is 0 Å². The van der Waals surface area contributed by atoms with Gasteiger partial charge in [0.2, 0.25) is 0 Å². The fraction of sp³-hybridized carbons (Fsp3) is 0.667. The maximum Gasteiger partial charge on any atom is 0.157 e. The third kappa shape index (κ3) is 3.39. The van der Waals surface area contributed by atoms with Gasteiger partial charge < -0.3 is 0 Å². The van der Waals surface area contributed by atoms with E-state index in [4.69, 9.17) is 11.6 Å². The van der Waals surface area contributed by atoms with Crippen LogP contribution in [0.15, 0.2) is 0 Å². The predicted molar refractivity (Wildman–Crippen MR) is 84.2 cm³/mol. The van der Waals surface area contributed by atoms with Crippen molar-refractivity contribution < 1.29 is 8.42 Å².